The molecule has 0 unspecified atom stereocenters. The quantitative estimate of drug-likeness (QED) is 0.583. The topological polar surface area (TPSA) is 88.0 Å². The van der Waals surface area contributed by atoms with Crippen LogP contribution in [0.4, 0.5) is 11.4 Å². The number of nitrogens with two attached hydrogens (primary N) is 1. The number of amides is 1. The number of hydrogen-bond acceptors (Lipinski definition) is 3. The number of nitrogens with one attached hydrogen (secondary N) is 2. The summed E-state index contributed by atoms with van der Waals surface area (Å²) in [7, 11) is 0. The predicted molar refractivity (Wildman–Crippen MR) is 89.1 cm³/mol. The van der Waals surface area contributed by atoms with Gasteiger partial charge in [0.25, 0.3) is 5.91 Å². The largest absolute Gasteiger partial charge is 0.397 e. The first kappa shape index (κ1) is 16.4. The zero-order valence-corrected chi connectivity index (χ0v) is 13.8. The number of anilines is 2. The van der Waals surface area contributed by atoms with Crippen LogP contribution in [0, 0.1) is 13.8 Å². The van der Waals surface area contributed by atoms with E-state index in [9.17, 15) is 9.59 Å². The van der Waals surface area contributed by atoms with Gasteiger partial charge in [-0.3, -0.25) is 9.59 Å². The number of aryl methyl sites for hydroxylation is 1. The molecule has 0 saturated carbocycles. The van der Waals surface area contributed by atoms with Crippen LogP contribution in [0.2, 0.25) is 10.0 Å². The molecule has 0 atom stereocenters. The fraction of sp³-hybridized carbons (Fsp3) is 0.200. The van der Waals surface area contributed by atoms with Crippen molar-refractivity contribution in [2.45, 2.75) is 20.8 Å². The number of carbonyl (C=O) groups is 2. The summed E-state index contributed by atoms with van der Waals surface area (Å²) in [5.74, 6) is -0.502. The maximum atomic E-state index is 12.4. The number of carbonyl (C=O) groups excluding carboxylic acids is 2. The molecule has 0 radical (unpaired) electrons. The van der Waals surface area contributed by atoms with Gasteiger partial charge in [-0.2, -0.15) is 0 Å². The lowest BCUT2D eigenvalue weighted by Crippen LogP contribution is -2.15. The SMILES string of the molecule is CC(=O)c1c(C)[nH]c(C(=O)Nc2cc(Cl)c(Cl)cc2N)c1C. The highest BCUT2D eigenvalue weighted by atomic mass is 35.5. The molecule has 22 heavy (non-hydrogen) atoms. The fourth-order valence-electron chi connectivity index (χ4n) is 2.36. The number of benzene rings is 1. The number of Topliss-reactive ketones (excluding diaryl/α,β-unsaturated/α-hetero) is 1. The Morgan fingerprint density at radius 2 is 1.77 bits per heavy atom. The molecule has 1 amide bonds. The van der Waals surface area contributed by atoms with Crippen LogP contribution in [0.5, 0.6) is 0 Å². The second-order valence-electron chi connectivity index (χ2n) is 4.99. The van der Waals surface area contributed by atoms with E-state index >= 15 is 0 Å². The monoisotopic (exact) mass is 339 g/mol. The average molecular weight is 340 g/mol. The highest BCUT2D eigenvalue weighted by Crippen LogP contribution is 2.31. The van der Waals surface area contributed by atoms with Crippen molar-refractivity contribution in [1.82, 2.24) is 4.98 Å². The second kappa shape index (κ2) is 6.02. The molecule has 0 fully saturated rings. The minimum Gasteiger partial charge on any atom is -0.397 e. The summed E-state index contributed by atoms with van der Waals surface area (Å²) in [6.07, 6.45) is 0. The van der Waals surface area contributed by atoms with E-state index < -0.39 is 5.91 Å². The van der Waals surface area contributed by atoms with E-state index in [-0.39, 0.29) is 10.8 Å². The second-order valence-corrected chi connectivity index (χ2v) is 5.80. The van der Waals surface area contributed by atoms with Gasteiger partial charge >= 0.3 is 0 Å². The molecule has 0 saturated heterocycles. The highest BCUT2D eigenvalue weighted by molar-refractivity contribution is 6.42. The number of aromatic nitrogens is 1. The summed E-state index contributed by atoms with van der Waals surface area (Å²) in [5, 5.41) is 3.26. The first-order valence-electron chi connectivity index (χ1n) is 6.48. The molecule has 0 aliphatic heterocycles. The van der Waals surface area contributed by atoms with Crippen molar-refractivity contribution in [3.05, 3.63) is 44.7 Å². The third kappa shape index (κ3) is 2.96. The summed E-state index contributed by atoms with van der Waals surface area (Å²) in [6, 6.07) is 2.95. The third-order valence-corrected chi connectivity index (χ3v) is 4.08. The Morgan fingerprint density at radius 1 is 1.18 bits per heavy atom. The molecule has 0 spiro atoms. The fourth-order valence-corrected chi connectivity index (χ4v) is 2.70. The molecule has 0 bridgehead atoms. The first-order chi connectivity index (χ1) is 10.2. The highest BCUT2D eigenvalue weighted by Gasteiger charge is 2.20. The molecule has 7 heteroatoms. The summed E-state index contributed by atoms with van der Waals surface area (Å²) in [6.45, 7) is 4.92. The lowest BCUT2D eigenvalue weighted by atomic mass is 10.1. The van der Waals surface area contributed by atoms with Crippen molar-refractivity contribution >= 4 is 46.3 Å². The number of H-pyrrole nitrogens is 1. The summed E-state index contributed by atoms with van der Waals surface area (Å²) < 4.78 is 0. The maximum Gasteiger partial charge on any atom is 0.272 e. The number of ketones is 1. The molecule has 4 N–H and O–H groups in total. The Morgan fingerprint density at radius 3 is 2.32 bits per heavy atom. The van der Waals surface area contributed by atoms with Crippen LogP contribution in [0.3, 0.4) is 0 Å². The van der Waals surface area contributed by atoms with E-state index in [1.807, 2.05) is 0 Å². The van der Waals surface area contributed by atoms with Gasteiger partial charge < -0.3 is 16.0 Å². The predicted octanol–water partition coefficient (Wildman–Crippen LogP) is 3.98. The van der Waals surface area contributed by atoms with E-state index in [2.05, 4.69) is 10.3 Å². The Kier molecular flexibility index (Phi) is 4.49. The van der Waals surface area contributed by atoms with E-state index in [0.717, 1.165) is 0 Å². The Bertz CT molecular complexity index is 782. The van der Waals surface area contributed by atoms with Crippen LogP contribution in [-0.4, -0.2) is 16.7 Å². The van der Waals surface area contributed by atoms with Crippen molar-refractivity contribution in [2.75, 3.05) is 11.1 Å². The summed E-state index contributed by atoms with van der Waals surface area (Å²) >= 11 is 11.8. The molecular weight excluding hydrogens is 325 g/mol. The van der Waals surface area contributed by atoms with Gasteiger partial charge in [0.15, 0.2) is 5.78 Å². The number of halogens is 2. The zero-order valence-electron chi connectivity index (χ0n) is 12.3. The first-order valence-corrected chi connectivity index (χ1v) is 7.24. The van der Waals surface area contributed by atoms with Crippen LogP contribution in [0.15, 0.2) is 12.1 Å². The third-order valence-electron chi connectivity index (χ3n) is 3.36. The Balaban J connectivity index is 2.37. The molecule has 0 aliphatic carbocycles. The average Bonchev–Trinajstić information content (AvgIpc) is 2.71. The molecule has 0 aliphatic rings. The molecule has 1 heterocycles. The van der Waals surface area contributed by atoms with Gasteiger partial charge in [-0.1, -0.05) is 23.2 Å². The van der Waals surface area contributed by atoms with Gasteiger partial charge in [0.2, 0.25) is 0 Å². The molecule has 5 nitrogen and oxygen atoms in total. The molecule has 1 aromatic heterocycles. The van der Waals surface area contributed by atoms with E-state index in [1.165, 1.54) is 19.1 Å². The standard InChI is InChI=1S/C15H15Cl2N3O2/c1-6-13(8(3)21)7(2)19-14(6)15(22)20-12-5-10(17)9(16)4-11(12)18/h4-5,19H,18H2,1-3H3,(H,20,22). The number of nitrogen functional groups attached to an aromatic ring is 1. The van der Waals surface area contributed by atoms with Crippen LogP contribution < -0.4 is 11.1 Å². The van der Waals surface area contributed by atoms with Crippen molar-refractivity contribution in [2.24, 2.45) is 0 Å². The van der Waals surface area contributed by atoms with Gasteiger partial charge in [-0.25, -0.2) is 0 Å². The number of rotatable bonds is 3. The molecule has 2 aromatic rings. The van der Waals surface area contributed by atoms with E-state index in [4.69, 9.17) is 28.9 Å². The van der Waals surface area contributed by atoms with Gasteiger partial charge in [0.05, 0.1) is 21.4 Å². The van der Waals surface area contributed by atoms with Crippen molar-refractivity contribution in [1.29, 1.82) is 0 Å². The van der Waals surface area contributed by atoms with Gasteiger partial charge in [-0.15, -0.1) is 0 Å². The van der Waals surface area contributed by atoms with E-state index in [0.29, 0.717) is 38.9 Å². The van der Waals surface area contributed by atoms with Crippen LogP contribution >= 0.6 is 23.2 Å². The number of aromatic amines is 1. The maximum absolute atomic E-state index is 12.4. The van der Waals surface area contributed by atoms with E-state index in [1.54, 1.807) is 13.8 Å². The smallest absolute Gasteiger partial charge is 0.272 e. The minimum absolute atomic E-state index is 0.0978. The summed E-state index contributed by atoms with van der Waals surface area (Å²) in [5.41, 5.74) is 8.56. The lowest BCUT2D eigenvalue weighted by Gasteiger charge is -2.09. The Hall–Kier alpha value is -1.98. The van der Waals surface area contributed by atoms with Crippen molar-refractivity contribution < 1.29 is 9.59 Å². The van der Waals surface area contributed by atoms with Crippen LogP contribution in [0.1, 0.15) is 39.0 Å². The minimum atomic E-state index is -0.404. The molecule has 116 valence electrons. The molecule has 1 aromatic carbocycles. The normalized spacial score (nSPS) is 10.6. The van der Waals surface area contributed by atoms with Crippen LogP contribution in [-0.2, 0) is 0 Å². The van der Waals surface area contributed by atoms with Gasteiger partial charge in [-0.05, 0) is 38.5 Å². The summed E-state index contributed by atoms with van der Waals surface area (Å²) in [4.78, 5) is 26.9. The number of hydrogen-bond donors (Lipinski definition) is 3. The van der Waals surface area contributed by atoms with Crippen LogP contribution in [0.25, 0.3) is 0 Å². The molecular formula is C15H15Cl2N3O2. The Labute approximate surface area is 137 Å². The lowest BCUT2D eigenvalue weighted by molar-refractivity contribution is 0.101. The zero-order chi connectivity index (χ0) is 16.6. The van der Waals surface area contributed by atoms with Gasteiger partial charge in [0, 0.05) is 11.3 Å². The van der Waals surface area contributed by atoms with Gasteiger partial charge in [0.1, 0.15) is 5.69 Å². The van der Waals surface area contributed by atoms with Crippen molar-refractivity contribution in [3.8, 4) is 0 Å². The van der Waals surface area contributed by atoms with Crippen molar-refractivity contribution in [3.63, 3.8) is 0 Å². The molecule has 2 rings (SSSR count).